The van der Waals surface area contributed by atoms with Crippen LogP contribution in [0.4, 0.5) is 0 Å². The molecular weight excluding hydrogens is 375 g/mol. The zero-order valence-electron chi connectivity index (χ0n) is 13.5. The van der Waals surface area contributed by atoms with E-state index in [1.807, 2.05) is 12.2 Å². The zero-order chi connectivity index (χ0) is 13.3. The van der Waals surface area contributed by atoms with Gasteiger partial charge in [-0.15, -0.1) is 31.2 Å². The van der Waals surface area contributed by atoms with E-state index >= 15 is 0 Å². The third kappa shape index (κ3) is 10.0. The van der Waals surface area contributed by atoms with Crippen LogP contribution in [0.25, 0.3) is 0 Å². The monoisotopic (exact) mass is 397 g/mol. The van der Waals surface area contributed by atoms with E-state index in [2.05, 4.69) is 92.0 Å². The normalized spacial score (nSPS) is 9.70. The molecule has 0 saturated heterocycles. The van der Waals surface area contributed by atoms with Gasteiger partial charge in [-0.1, -0.05) is 0 Å². The molecule has 2 aromatic carbocycles. The minimum atomic E-state index is -0.545. The second-order valence-corrected chi connectivity index (χ2v) is 8.36. The molecule has 0 fully saturated rings. The first-order valence-electron chi connectivity index (χ1n) is 6.29. The van der Waals surface area contributed by atoms with Crippen LogP contribution >= 0.6 is 24.8 Å². The Morgan fingerprint density at radius 2 is 1.22 bits per heavy atom. The van der Waals surface area contributed by atoms with Crippen molar-refractivity contribution in [3.05, 3.63) is 99.8 Å². The molecule has 0 unspecified atom stereocenters. The summed E-state index contributed by atoms with van der Waals surface area (Å²) < 4.78 is 0. The van der Waals surface area contributed by atoms with E-state index in [1.54, 1.807) is 0 Å². The molecule has 0 nitrogen and oxygen atoms in total. The maximum absolute atomic E-state index is 2.99. The summed E-state index contributed by atoms with van der Waals surface area (Å²) in [5.74, 6) is 0. The van der Waals surface area contributed by atoms with Crippen LogP contribution in [0.1, 0.15) is 6.42 Å². The quantitative estimate of drug-likeness (QED) is 0.520. The molecule has 2 aromatic rings. The number of benzene rings is 2. The molecule has 0 heterocycles. The number of hydrogen-bond donors (Lipinski definition) is 0. The van der Waals surface area contributed by atoms with E-state index in [9.17, 15) is 0 Å². The van der Waals surface area contributed by atoms with Gasteiger partial charge < -0.3 is 14.9 Å². The van der Waals surface area contributed by atoms with Crippen LogP contribution in [0, 0.1) is 20.9 Å². The standard InChI is InChI=1S/C12H10Si.C5H5.2CH3.2ClH.Ti/c1-3-7-11(8-4-1)13-12-9-5-2-6-10-12;1-2-4-5-3-1;;;;;/h1-10H;1-3H,4H2;2*1H3;2*1H;/q;3*-1;;;. The summed E-state index contributed by atoms with van der Waals surface area (Å²) in [7, 11) is 0. The van der Waals surface area contributed by atoms with Crippen LogP contribution in [0.5, 0.6) is 0 Å². The Hall–Kier alpha value is -0.569. The molecule has 0 aromatic heterocycles. The Labute approximate surface area is 166 Å². The van der Waals surface area contributed by atoms with Crippen LogP contribution < -0.4 is 10.4 Å². The van der Waals surface area contributed by atoms with Gasteiger partial charge in [-0.05, 0) is 0 Å². The average Bonchev–Trinajstić information content (AvgIpc) is 3.08. The Morgan fingerprint density at radius 3 is 1.48 bits per heavy atom. The van der Waals surface area contributed by atoms with Crippen LogP contribution in [0.2, 0.25) is 0 Å². The number of allylic oxidation sites excluding steroid dienone is 4. The van der Waals surface area contributed by atoms with Gasteiger partial charge in [-0.25, -0.2) is 12.2 Å². The second-order valence-electron chi connectivity index (χ2n) is 4.11. The van der Waals surface area contributed by atoms with E-state index in [-0.39, 0.29) is 39.7 Å². The van der Waals surface area contributed by atoms with Crippen molar-refractivity contribution in [3.8, 4) is 0 Å². The van der Waals surface area contributed by atoms with Gasteiger partial charge in [-0.2, -0.15) is 6.08 Å². The Balaban J connectivity index is -0.000000389. The summed E-state index contributed by atoms with van der Waals surface area (Å²) in [6, 6.07) is 21.5. The summed E-state index contributed by atoms with van der Waals surface area (Å²) in [6.07, 6.45) is 9.46. The molecule has 4 heteroatoms. The minimum absolute atomic E-state index is 0. The van der Waals surface area contributed by atoms with Crippen molar-refractivity contribution >= 4 is 41.4 Å². The first-order chi connectivity index (χ1) is 9.38. The molecule has 0 atom stereocenters. The Morgan fingerprint density at radius 1 is 0.783 bits per heavy atom. The van der Waals surface area contributed by atoms with Gasteiger partial charge in [0.15, 0.2) is 0 Å². The van der Waals surface area contributed by atoms with Crippen molar-refractivity contribution in [2.24, 2.45) is 0 Å². The number of halogens is 2. The van der Waals surface area contributed by atoms with E-state index in [0.29, 0.717) is 0 Å². The Kier molecular flexibility index (Phi) is 19.3. The third-order valence-corrected chi connectivity index (χ3v) is 7.24. The Bertz CT molecular complexity index is 529. The van der Waals surface area contributed by atoms with Crippen molar-refractivity contribution in [3.63, 3.8) is 0 Å². The van der Waals surface area contributed by atoms with Crippen molar-refractivity contribution in [1.29, 1.82) is 0 Å². The van der Waals surface area contributed by atoms with E-state index in [0.717, 1.165) is 6.42 Å². The molecule has 0 N–H and O–H groups in total. The van der Waals surface area contributed by atoms with Crippen LogP contribution in [-0.4, -0.2) is 6.19 Å². The second kappa shape index (κ2) is 16.3. The SMILES string of the molecule is Cl.Cl.[C-]1=CC=CC1.[CH3-].[CH3-].[Ti]=[Si](c1ccccc1)c1ccccc1. The van der Waals surface area contributed by atoms with Gasteiger partial charge in [0, 0.05) is 0 Å². The summed E-state index contributed by atoms with van der Waals surface area (Å²) >= 11 is 2.34. The van der Waals surface area contributed by atoms with Crippen molar-refractivity contribution in [2.75, 3.05) is 0 Å². The fraction of sp³-hybridized carbons (Fsp3) is 0.0526. The molecule has 0 aliphatic heterocycles. The van der Waals surface area contributed by atoms with E-state index < -0.39 is 6.19 Å². The van der Waals surface area contributed by atoms with Gasteiger partial charge in [-0.3, -0.25) is 6.08 Å². The molecule has 0 spiro atoms. The molecule has 23 heavy (non-hydrogen) atoms. The van der Waals surface area contributed by atoms with Crippen LogP contribution in [0.3, 0.4) is 0 Å². The van der Waals surface area contributed by atoms with Gasteiger partial charge in [0.25, 0.3) is 0 Å². The molecule has 0 bridgehead atoms. The van der Waals surface area contributed by atoms with E-state index in [1.165, 1.54) is 10.4 Å². The molecule has 0 radical (unpaired) electrons. The molecule has 3 rings (SSSR count). The van der Waals surface area contributed by atoms with E-state index in [4.69, 9.17) is 0 Å². The predicted octanol–water partition coefficient (Wildman–Crippen LogP) is 4.39. The molecule has 0 saturated carbocycles. The first-order valence-corrected chi connectivity index (χ1v) is 10.1. The van der Waals surface area contributed by atoms with Gasteiger partial charge in [0.05, 0.1) is 0 Å². The van der Waals surface area contributed by atoms with Gasteiger partial charge in [0.1, 0.15) is 0 Å². The van der Waals surface area contributed by atoms with Gasteiger partial charge in [0.2, 0.25) is 0 Å². The zero-order valence-corrected chi connectivity index (χ0v) is 17.7. The molecule has 124 valence electrons. The molecule has 0 amide bonds. The van der Waals surface area contributed by atoms with Crippen LogP contribution in [-0.2, 0) is 19.2 Å². The van der Waals surface area contributed by atoms with Crippen molar-refractivity contribution in [1.82, 2.24) is 0 Å². The summed E-state index contributed by atoms with van der Waals surface area (Å²) in [4.78, 5) is 0. The fourth-order valence-corrected chi connectivity index (χ4v) is 4.66. The summed E-state index contributed by atoms with van der Waals surface area (Å²) in [6.45, 7) is 0. The number of hydrogen-bond acceptors (Lipinski definition) is 0. The average molecular weight is 398 g/mol. The molecule has 1 aliphatic rings. The summed E-state index contributed by atoms with van der Waals surface area (Å²) in [5.41, 5.74) is 0. The number of rotatable bonds is 2. The maximum atomic E-state index is 2.99. The van der Waals surface area contributed by atoms with Gasteiger partial charge >= 0.3 is 96.4 Å². The topological polar surface area (TPSA) is 0 Å². The van der Waals surface area contributed by atoms with Crippen molar-refractivity contribution in [2.45, 2.75) is 6.42 Å². The summed E-state index contributed by atoms with van der Waals surface area (Å²) in [5, 5.41) is 2.95. The molecular formula is C19H23Cl2SiTi-3. The predicted molar refractivity (Wildman–Crippen MR) is 107 cm³/mol. The molecule has 1 aliphatic carbocycles. The van der Waals surface area contributed by atoms with Crippen molar-refractivity contribution < 1.29 is 19.2 Å². The third-order valence-electron chi connectivity index (χ3n) is 2.71. The first kappa shape index (κ1) is 27.3. The van der Waals surface area contributed by atoms with Crippen LogP contribution in [0.15, 0.2) is 78.9 Å². The fourth-order valence-electron chi connectivity index (χ4n) is 1.72.